The van der Waals surface area contributed by atoms with Gasteiger partial charge in [0.1, 0.15) is 0 Å². The molecule has 1 N–H and O–H groups in total. The van der Waals surface area contributed by atoms with Crippen LogP contribution in [-0.2, 0) is 0 Å². The fourth-order valence-electron chi connectivity index (χ4n) is 2.29. The summed E-state index contributed by atoms with van der Waals surface area (Å²) in [4.78, 5) is 2.29. The van der Waals surface area contributed by atoms with Crippen LogP contribution in [0.4, 0.5) is 0 Å². The molecule has 0 unspecified atom stereocenters. The van der Waals surface area contributed by atoms with Gasteiger partial charge in [-0.2, -0.15) is 0 Å². The number of likely N-dealkylation sites (N-methyl/N-ethyl adjacent to an activating group) is 1. The number of hydrogen-bond acceptors (Lipinski definition) is 2. The summed E-state index contributed by atoms with van der Waals surface area (Å²) in [7, 11) is 4.31. The lowest BCUT2D eigenvalue weighted by molar-refractivity contribution is 0.190. The molecule has 0 heterocycles. The van der Waals surface area contributed by atoms with Gasteiger partial charge in [0.15, 0.2) is 0 Å². The molecule has 0 fully saturated rings. The normalized spacial score (nSPS) is 12.3. The Labute approximate surface area is 128 Å². The first-order valence-electron chi connectivity index (χ1n) is 8.89. The number of unbranched alkanes of at least 4 members (excludes halogenated alkanes) is 9. The zero-order valence-corrected chi connectivity index (χ0v) is 14.9. The second-order valence-corrected chi connectivity index (χ2v) is 7.07. The average molecular weight is 285 g/mol. The molecule has 0 atom stereocenters. The third-order valence-electron chi connectivity index (χ3n) is 4.48. The van der Waals surface area contributed by atoms with Gasteiger partial charge < -0.3 is 10.2 Å². The Morgan fingerprint density at radius 2 is 1.20 bits per heavy atom. The molecule has 0 radical (unpaired) electrons. The van der Waals surface area contributed by atoms with Gasteiger partial charge in [0.2, 0.25) is 0 Å². The van der Waals surface area contributed by atoms with Gasteiger partial charge in [0.05, 0.1) is 0 Å². The third-order valence-corrected chi connectivity index (χ3v) is 4.48. The van der Waals surface area contributed by atoms with E-state index in [9.17, 15) is 0 Å². The highest BCUT2D eigenvalue weighted by atomic mass is 15.2. The number of nitrogens with one attached hydrogen (secondary N) is 1. The van der Waals surface area contributed by atoms with Crippen molar-refractivity contribution in [2.45, 2.75) is 90.5 Å². The Bertz CT molecular complexity index is 200. The first kappa shape index (κ1) is 19.9. The molecule has 0 saturated heterocycles. The van der Waals surface area contributed by atoms with Gasteiger partial charge in [-0.1, -0.05) is 64.7 Å². The van der Waals surface area contributed by atoms with Crippen LogP contribution in [0.2, 0.25) is 0 Å². The fourth-order valence-corrected chi connectivity index (χ4v) is 2.29. The zero-order chi connectivity index (χ0) is 15.3. The lowest BCUT2D eigenvalue weighted by Gasteiger charge is -2.32. The Morgan fingerprint density at radius 1 is 0.750 bits per heavy atom. The van der Waals surface area contributed by atoms with E-state index in [-0.39, 0.29) is 5.54 Å². The van der Waals surface area contributed by atoms with Gasteiger partial charge in [0.25, 0.3) is 0 Å². The van der Waals surface area contributed by atoms with Gasteiger partial charge >= 0.3 is 0 Å². The van der Waals surface area contributed by atoms with Gasteiger partial charge in [-0.25, -0.2) is 0 Å². The predicted octanol–water partition coefficient (Wildman–Crippen LogP) is 4.84. The van der Waals surface area contributed by atoms with E-state index < -0.39 is 0 Å². The maximum absolute atomic E-state index is 3.59. The van der Waals surface area contributed by atoms with Crippen LogP contribution in [-0.4, -0.2) is 37.6 Å². The van der Waals surface area contributed by atoms with E-state index in [1.165, 1.54) is 70.8 Å². The molecule has 0 aromatic rings. The second kappa shape index (κ2) is 12.6. The summed E-state index contributed by atoms with van der Waals surface area (Å²) in [6, 6.07) is 0. The van der Waals surface area contributed by atoms with Crippen molar-refractivity contribution in [2.75, 3.05) is 27.2 Å². The van der Waals surface area contributed by atoms with E-state index in [2.05, 4.69) is 45.1 Å². The molecule has 0 aliphatic carbocycles. The lowest BCUT2D eigenvalue weighted by Crippen LogP contribution is -2.46. The quantitative estimate of drug-likeness (QED) is 0.459. The summed E-state index contributed by atoms with van der Waals surface area (Å²) in [6.45, 7) is 9.12. The van der Waals surface area contributed by atoms with Crippen molar-refractivity contribution in [2.24, 2.45) is 0 Å². The van der Waals surface area contributed by atoms with Crippen molar-refractivity contribution >= 4 is 0 Å². The average Bonchev–Trinajstić information content (AvgIpc) is 2.39. The van der Waals surface area contributed by atoms with Crippen molar-refractivity contribution in [1.82, 2.24) is 10.2 Å². The summed E-state index contributed by atoms with van der Waals surface area (Å²) in [6.07, 6.45) is 14.2. The molecular formula is C18H40N2. The Kier molecular flexibility index (Phi) is 12.6. The van der Waals surface area contributed by atoms with E-state index in [4.69, 9.17) is 0 Å². The molecule has 0 rings (SSSR count). The highest BCUT2D eigenvalue weighted by Gasteiger charge is 2.18. The van der Waals surface area contributed by atoms with Crippen molar-refractivity contribution in [1.29, 1.82) is 0 Å². The smallest absolute Gasteiger partial charge is 0.0271 e. The SMILES string of the molecule is CCCCCCCCCCCCNCC(C)(C)N(C)C. The predicted molar refractivity (Wildman–Crippen MR) is 92.5 cm³/mol. The Hall–Kier alpha value is -0.0800. The van der Waals surface area contributed by atoms with Gasteiger partial charge in [-0.15, -0.1) is 0 Å². The molecule has 20 heavy (non-hydrogen) atoms. The summed E-state index contributed by atoms with van der Waals surface area (Å²) in [5.74, 6) is 0. The zero-order valence-electron chi connectivity index (χ0n) is 14.9. The molecule has 2 heteroatoms. The number of hydrogen-bond donors (Lipinski definition) is 1. The largest absolute Gasteiger partial charge is 0.315 e. The minimum absolute atomic E-state index is 0.262. The first-order valence-corrected chi connectivity index (χ1v) is 8.89. The highest BCUT2D eigenvalue weighted by Crippen LogP contribution is 2.11. The number of nitrogens with zero attached hydrogens (tertiary/aromatic N) is 1. The Balaban J connectivity index is 3.17. The minimum Gasteiger partial charge on any atom is -0.315 e. The number of rotatable bonds is 14. The monoisotopic (exact) mass is 284 g/mol. The first-order chi connectivity index (χ1) is 9.50. The van der Waals surface area contributed by atoms with Crippen LogP contribution in [0, 0.1) is 0 Å². The maximum atomic E-state index is 3.59. The van der Waals surface area contributed by atoms with Crippen LogP contribution in [0.15, 0.2) is 0 Å². The van der Waals surface area contributed by atoms with E-state index in [1.54, 1.807) is 0 Å². The van der Waals surface area contributed by atoms with Crippen molar-refractivity contribution in [3.63, 3.8) is 0 Å². The van der Waals surface area contributed by atoms with Crippen molar-refractivity contribution in [3.05, 3.63) is 0 Å². The minimum atomic E-state index is 0.262. The molecule has 122 valence electrons. The van der Waals surface area contributed by atoms with E-state index >= 15 is 0 Å². The molecular weight excluding hydrogens is 244 g/mol. The van der Waals surface area contributed by atoms with Gasteiger partial charge in [-0.05, 0) is 40.9 Å². The molecule has 2 nitrogen and oxygen atoms in total. The van der Waals surface area contributed by atoms with Crippen LogP contribution >= 0.6 is 0 Å². The molecule has 0 spiro atoms. The highest BCUT2D eigenvalue weighted by molar-refractivity contribution is 4.79. The molecule has 0 aliphatic rings. The van der Waals surface area contributed by atoms with Gasteiger partial charge in [-0.3, -0.25) is 0 Å². The molecule has 0 saturated carbocycles. The molecule has 0 aromatic heterocycles. The lowest BCUT2D eigenvalue weighted by atomic mass is 10.0. The van der Waals surface area contributed by atoms with Crippen LogP contribution in [0.3, 0.4) is 0 Å². The third kappa shape index (κ3) is 11.7. The summed E-state index contributed by atoms with van der Waals surface area (Å²) in [5, 5.41) is 3.59. The Morgan fingerprint density at radius 3 is 1.65 bits per heavy atom. The van der Waals surface area contributed by atoms with Crippen LogP contribution < -0.4 is 5.32 Å². The summed E-state index contributed by atoms with van der Waals surface area (Å²) in [5.41, 5.74) is 0.262. The van der Waals surface area contributed by atoms with Crippen molar-refractivity contribution < 1.29 is 0 Å². The standard InChI is InChI=1S/C18H40N2/c1-6-7-8-9-10-11-12-13-14-15-16-19-17-18(2,3)20(4)5/h19H,6-17H2,1-5H3. The van der Waals surface area contributed by atoms with Crippen LogP contribution in [0.5, 0.6) is 0 Å². The van der Waals surface area contributed by atoms with E-state index in [0.29, 0.717) is 0 Å². The molecule has 0 bridgehead atoms. The molecule has 0 aromatic carbocycles. The second-order valence-electron chi connectivity index (χ2n) is 7.07. The molecule has 0 amide bonds. The van der Waals surface area contributed by atoms with Crippen LogP contribution in [0.25, 0.3) is 0 Å². The van der Waals surface area contributed by atoms with Gasteiger partial charge in [0, 0.05) is 12.1 Å². The van der Waals surface area contributed by atoms with E-state index in [1.807, 2.05) is 0 Å². The van der Waals surface area contributed by atoms with E-state index in [0.717, 1.165) is 6.54 Å². The summed E-state index contributed by atoms with van der Waals surface area (Å²) >= 11 is 0. The summed E-state index contributed by atoms with van der Waals surface area (Å²) < 4.78 is 0. The maximum Gasteiger partial charge on any atom is 0.0271 e. The molecule has 0 aliphatic heterocycles. The van der Waals surface area contributed by atoms with Crippen molar-refractivity contribution in [3.8, 4) is 0 Å². The topological polar surface area (TPSA) is 15.3 Å². The van der Waals surface area contributed by atoms with Crippen LogP contribution in [0.1, 0.15) is 85.0 Å². The fraction of sp³-hybridized carbons (Fsp3) is 1.00.